The number of ether oxygens (including phenoxy) is 1. The summed E-state index contributed by atoms with van der Waals surface area (Å²) in [6, 6.07) is 11.5. The van der Waals surface area contributed by atoms with Crippen LogP contribution in [0.1, 0.15) is 11.7 Å². The minimum absolute atomic E-state index is 0.128. The first-order chi connectivity index (χ1) is 13.1. The van der Waals surface area contributed by atoms with Gasteiger partial charge in [0.25, 0.3) is 5.56 Å². The van der Waals surface area contributed by atoms with Crippen LogP contribution in [0.2, 0.25) is 0 Å². The Morgan fingerprint density at radius 2 is 1.89 bits per heavy atom. The molecule has 27 heavy (non-hydrogen) atoms. The summed E-state index contributed by atoms with van der Waals surface area (Å²) in [7, 11) is 1.71. The van der Waals surface area contributed by atoms with E-state index in [-0.39, 0.29) is 17.5 Å². The Hall–Kier alpha value is -3.06. The molecule has 1 atom stereocenters. The Balaban J connectivity index is 1.67. The third-order valence-corrected chi connectivity index (χ3v) is 4.68. The number of hydrogen-bond donors (Lipinski definition) is 0. The molecule has 0 bridgehead atoms. The van der Waals surface area contributed by atoms with E-state index in [1.807, 2.05) is 17.0 Å². The van der Waals surface area contributed by atoms with Gasteiger partial charge in [0.15, 0.2) is 0 Å². The summed E-state index contributed by atoms with van der Waals surface area (Å²) in [6.07, 6.45) is 3.14. The lowest BCUT2D eigenvalue weighted by molar-refractivity contribution is 0.0389. The molecule has 0 spiro atoms. The predicted octanol–water partition coefficient (Wildman–Crippen LogP) is 2.56. The fraction of sp³-hybridized carbons (Fsp3) is 0.250. The van der Waals surface area contributed by atoms with Crippen molar-refractivity contribution in [1.29, 1.82) is 0 Å². The lowest BCUT2D eigenvalue weighted by Gasteiger charge is -2.34. The van der Waals surface area contributed by atoms with Crippen LogP contribution in [-0.4, -0.2) is 34.2 Å². The largest absolute Gasteiger partial charge is 0.370 e. The molecule has 0 amide bonds. The molecule has 3 aromatic rings. The summed E-state index contributed by atoms with van der Waals surface area (Å²) in [5, 5.41) is 0. The minimum Gasteiger partial charge on any atom is -0.370 e. The van der Waals surface area contributed by atoms with E-state index in [9.17, 15) is 9.18 Å². The van der Waals surface area contributed by atoms with Gasteiger partial charge < -0.3 is 9.64 Å². The van der Waals surface area contributed by atoms with Crippen molar-refractivity contribution in [3.05, 3.63) is 76.6 Å². The van der Waals surface area contributed by atoms with E-state index in [0.29, 0.717) is 31.3 Å². The van der Waals surface area contributed by atoms with E-state index in [1.165, 1.54) is 22.8 Å². The summed E-state index contributed by atoms with van der Waals surface area (Å²) < 4.78 is 20.6. The maximum Gasteiger partial charge on any atom is 0.255 e. The first kappa shape index (κ1) is 17.4. The van der Waals surface area contributed by atoms with Crippen LogP contribution in [0.5, 0.6) is 0 Å². The number of morpholine rings is 1. The van der Waals surface area contributed by atoms with E-state index < -0.39 is 0 Å². The van der Waals surface area contributed by atoms with Gasteiger partial charge >= 0.3 is 0 Å². The molecule has 1 fully saturated rings. The zero-order valence-electron chi connectivity index (χ0n) is 14.9. The minimum atomic E-state index is -0.277. The van der Waals surface area contributed by atoms with Gasteiger partial charge in [-0.05, 0) is 29.8 Å². The number of aromatic nitrogens is 3. The van der Waals surface area contributed by atoms with E-state index in [2.05, 4.69) is 4.98 Å². The zero-order valence-corrected chi connectivity index (χ0v) is 14.9. The number of benzene rings is 1. The summed E-state index contributed by atoms with van der Waals surface area (Å²) in [5.74, 6) is 0.310. The van der Waals surface area contributed by atoms with Crippen molar-refractivity contribution in [1.82, 2.24) is 14.5 Å². The normalized spacial score (nSPS) is 17.1. The van der Waals surface area contributed by atoms with Gasteiger partial charge in [0.2, 0.25) is 5.95 Å². The highest BCUT2D eigenvalue weighted by atomic mass is 19.1. The van der Waals surface area contributed by atoms with Gasteiger partial charge in [-0.2, -0.15) is 0 Å². The van der Waals surface area contributed by atoms with Crippen molar-refractivity contribution < 1.29 is 9.13 Å². The topological polar surface area (TPSA) is 60.2 Å². The first-order valence-electron chi connectivity index (χ1n) is 8.72. The summed E-state index contributed by atoms with van der Waals surface area (Å²) >= 11 is 0. The van der Waals surface area contributed by atoms with Crippen molar-refractivity contribution in [3.63, 3.8) is 0 Å². The van der Waals surface area contributed by atoms with Crippen molar-refractivity contribution in [3.8, 4) is 11.3 Å². The lowest BCUT2D eigenvalue weighted by Crippen LogP contribution is -2.41. The average Bonchev–Trinajstić information content (AvgIpc) is 2.71. The molecular formula is C20H19FN4O2. The average molecular weight is 366 g/mol. The summed E-state index contributed by atoms with van der Waals surface area (Å²) in [5.41, 5.74) is 2.22. The number of rotatable bonds is 3. The second kappa shape index (κ2) is 7.28. The van der Waals surface area contributed by atoms with Gasteiger partial charge in [0.05, 0.1) is 18.8 Å². The zero-order chi connectivity index (χ0) is 18.8. The van der Waals surface area contributed by atoms with Crippen molar-refractivity contribution in [2.24, 2.45) is 7.05 Å². The predicted molar refractivity (Wildman–Crippen MR) is 100 cm³/mol. The Labute approximate surface area is 155 Å². The van der Waals surface area contributed by atoms with Crippen LogP contribution in [0.25, 0.3) is 11.3 Å². The van der Waals surface area contributed by atoms with Gasteiger partial charge in [-0.1, -0.05) is 12.1 Å². The molecule has 6 nitrogen and oxygen atoms in total. The molecule has 3 heterocycles. The Morgan fingerprint density at radius 3 is 2.63 bits per heavy atom. The smallest absolute Gasteiger partial charge is 0.255 e. The maximum absolute atomic E-state index is 13.2. The molecule has 4 rings (SSSR count). The molecule has 0 N–H and O–H groups in total. The fourth-order valence-corrected chi connectivity index (χ4v) is 3.19. The molecule has 138 valence electrons. The van der Waals surface area contributed by atoms with Gasteiger partial charge in [0.1, 0.15) is 11.9 Å². The van der Waals surface area contributed by atoms with Gasteiger partial charge in [0, 0.05) is 37.6 Å². The van der Waals surface area contributed by atoms with E-state index >= 15 is 0 Å². The molecule has 0 saturated carbocycles. The molecule has 2 aromatic heterocycles. The molecule has 7 heteroatoms. The molecule has 0 radical (unpaired) electrons. The number of pyridine rings is 1. The summed E-state index contributed by atoms with van der Waals surface area (Å²) in [6.45, 7) is 1.65. The molecule has 1 aliphatic rings. The van der Waals surface area contributed by atoms with E-state index in [4.69, 9.17) is 9.72 Å². The highest BCUT2D eigenvalue weighted by molar-refractivity contribution is 5.59. The monoisotopic (exact) mass is 366 g/mol. The third-order valence-electron chi connectivity index (χ3n) is 4.68. The SMILES string of the molecule is Cn1c(N2CCO[C@@H](c3ccc(F)cc3)C2)nc(-c2ccncc2)cc1=O. The maximum atomic E-state index is 13.2. The molecule has 1 aliphatic heterocycles. The third kappa shape index (κ3) is 3.59. The first-order valence-corrected chi connectivity index (χ1v) is 8.72. The van der Waals surface area contributed by atoms with Crippen molar-refractivity contribution >= 4 is 5.95 Å². The number of nitrogens with zero attached hydrogens (tertiary/aromatic N) is 4. The lowest BCUT2D eigenvalue weighted by atomic mass is 10.1. The Morgan fingerprint density at radius 1 is 1.15 bits per heavy atom. The van der Waals surface area contributed by atoms with Crippen LogP contribution < -0.4 is 10.5 Å². The highest BCUT2D eigenvalue weighted by Crippen LogP contribution is 2.26. The molecule has 0 unspecified atom stereocenters. The van der Waals surface area contributed by atoms with Crippen LogP contribution in [0.3, 0.4) is 0 Å². The Kier molecular flexibility index (Phi) is 4.68. The van der Waals surface area contributed by atoms with E-state index in [0.717, 1.165) is 11.1 Å². The van der Waals surface area contributed by atoms with Crippen LogP contribution in [0.15, 0.2) is 59.7 Å². The van der Waals surface area contributed by atoms with Crippen LogP contribution in [0, 0.1) is 5.82 Å². The molecule has 1 aromatic carbocycles. The Bertz CT molecular complexity index is 989. The fourth-order valence-electron chi connectivity index (χ4n) is 3.19. The second-order valence-electron chi connectivity index (χ2n) is 6.43. The quantitative estimate of drug-likeness (QED) is 0.713. The standard InChI is InChI=1S/C20H19FN4O2/c1-24-19(26)12-17(14-6-8-22-9-7-14)23-20(24)25-10-11-27-18(13-25)15-2-4-16(21)5-3-15/h2-9,12,18H,10-11,13H2,1H3/t18-/m1/s1. The van der Waals surface area contributed by atoms with E-state index in [1.54, 1.807) is 31.6 Å². The second-order valence-corrected chi connectivity index (χ2v) is 6.43. The van der Waals surface area contributed by atoms with Gasteiger partial charge in [-0.3, -0.25) is 14.3 Å². The van der Waals surface area contributed by atoms with Gasteiger partial charge in [-0.15, -0.1) is 0 Å². The van der Waals surface area contributed by atoms with Crippen molar-refractivity contribution in [2.45, 2.75) is 6.10 Å². The van der Waals surface area contributed by atoms with Crippen LogP contribution >= 0.6 is 0 Å². The molecule has 1 saturated heterocycles. The van der Waals surface area contributed by atoms with Crippen molar-refractivity contribution in [2.75, 3.05) is 24.6 Å². The number of hydrogen-bond acceptors (Lipinski definition) is 5. The molecule has 0 aliphatic carbocycles. The van der Waals surface area contributed by atoms with Crippen LogP contribution in [-0.2, 0) is 11.8 Å². The number of halogens is 1. The van der Waals surface area contributed by atoms with Gasteiger partial charge in [-0.25, -0.2) is 9.37 Å². The highest BCUT2D eigenvalue weighted by Gasteiger charge is 2.25. The molecular weight excluding hydrogens is 347 g/mol. The number of anilines is 1. The van der Waals surface area contributed by atoms with Crippen LogP contribution in [0.4, 0.5) is 10.3 Å². The summed E-state index contributed by atoms with van der Waals surface area (Å²) in [4.78, 5) is 23.2.